The first-order valence-electron chi connectivity index (χ1n) is 13.5. The van der Waals surface area contributed by atoms with Crippen molar-refractivity contribution in [3.8, 4) is 5.75 Å². The van der Waals surface area contributed by atoms with Crippen molar-refractivity contribution in [3.63, 3.8) is 0 Å². The predicted octanol–water partition coefficient (Wildman–Crippen LogP) is 6.87. The summed E-state index contributed by atoms with van der Waals surface area (Å²) in [6, 6.07) is 16.0. The second-order valence-electron chi connectivity index (χ2n) is 9.48. The molecule has 0 spiro atoms. The van der Waals surface area contributed by atoms with Gasteiger partial charge in [0.05, 0.1) is 24.6 Å². The summed E-state index contributed by atoms with van der Waals surface area (Å²) in [5.74, 6) is 1.90. The largest absolute Gasteiger partial charge is 0.497 e. The summed E-state index contributed by atoms with van der Waals surface area (Å²) in [5, 5.41) is 3.06. The second kappa shape index (κ2) is 15.2. The number of para-hydroxylation sites is 2. The Kier molecular flexibility index (Phi) is 11.7. The normalized spacial score (nSPS) is 11.1. The lowest BCUT2D eigenvalue weighted by atomic mass is 10.1. The molecule has 0 atom stereocenters. The molecule has 0 fully saturated rings. The Hall–Kier alpha value is -2.82. The maximum absolute atomic E-state index is 12.4. The van der Waals surface area contributed by atoms with Crippen LogP contribution in [-0.4, -0.2) is 29.1 Å². The van der Waals surface area contributed by atoms with E-state index in [-0.39, 0.29) is 5.91 Å². The molecule has 2 aromatic carbocycles. The van der Waals surface area contributed by atoms with Crippen LogP contribution in [0.15, 0.2) is 48.5 Å². The van der Waals surface area contributed by atoms with Gasteiger partial charge in [-0.25, -0.2) is 4.98 Å². The van der Waals surface area contributed by atoms with Gasteiger partial charge in [0.25, 0.3) is 0 Å². The van der Waals surface area contributed by atoms with E-state index >= 15 is 0 Å². The van der Waals surface area contributed by atoms with Gasteiger partial charge >= 0.3 is 0 Å². The number of nitrogens with one attached hydrogen (secondary N) is 1. The third-order valence-electron chi connectivity index (χ3n) is 6.66. The first kappa shape index (κ1) is 26.8. The summed E-state index contributed by atoms with van der Waals surface area (Å²) < 4.78 is 7.54. The summed E-state index contributed by atoms with van der Waals surface area (Å²) in [6.07, 6.45) is 14.5. The van der Waals surface area contributed by atoms with E-state index < -0.39 is 0 Å². The number of aromatic nitrogens is 2. The Morgan fingerprint density at radius 1 is 0.886 bits per heavy atom. The average molecular weight is 478 g/mol. The van der Waals surface area contributed by atoms with E-state index in [9.17, 15) is 4.79 Å². The fourth-order valence-electron chi connectivity index (χ4n) is 4.63. The smallest absolute Gasteiger partial charge is 0.224 e. The molecule has 0 saturated carbocycles. The number of carbonyl (C=O) groups is 1. The maximum Gasteiger partial charge on any atom is 0.224 e. The van der Waals surface area contributed by atoms with Crippen LogP contribution in [0.5, 0.6) is 5.75 Å². The van der Waals surface area contributed by atoms with Gasteiger partial charge < -0.3 is 14.6 Å². The highest BCUT2D eigenvalue weighted by Crippen LogP contribution is 2.18. The molecule has 5 nitrogen and oxygen atoms in total. The minimum Gasteiger partial charge on any atom is -0.497 e. The third kappa shape index (κ3) is 9.04. The minimum absolute atomic E-state index is 0.0347. The average Bonchev–Trinajstić information content (AvgIpc) is 3.23. The Labute approximate surface area is 211 Å². The van der Waals surface area contributed by atoms with Gasteiger partial charge in [0.1, 0.15) is 11.6 Å². The fourth-order valence-corrected chi connectivity index (χ4v) is 4.63. The van der Waals surface area contributed by atoms with Gasteiger partial charge in [0.15, 0.2) is 0 Å². The zero-order chi connectivity index (χ0) is 24.7. The van der Waals surface area contributed by atoms with Crippen molar-refractivity contribution in [2.75, 3.05) is 13.7 Å². The Morgan fingerprint density at radius 3 is 2.23 bits per heavy atom. The van der Waals surface area contributed by atoms with Gasteiger partial charge in [-0.05, 0) is 36.2 Å². The van der Waals surface area contributed by atoms with E-state index in [1.165, 1.54) is 69.7 Å². The standard InChI is InChI=1S/C30H43N3O2/c1-3-4-5-6-7-8-9-10-11-14-23-33-28-16-13-12-15-27(28)32-29(33)21-22-31-30(34)24-25-17-19-26(35-2)20-18-25/h12-13,15-20H,3-11,14,21-24H2,1-2H3,(H,31,34). The van der Waals surface area contributed by atoms with Crippen LogP contribution < -0.4 is 10.1 Å². The highest BCUT2D eigenvalue weighted by Gasteiger charge is 2.11. The summed E-state index contributed by atoms with van der Waals surface area (Å²) >= 11 is 0. The first-order chi connectivity index (χ1) is 17.2. The van der Waals surface area contributed by atoms with Crippen LogP contribution in [-0.2, 0) is 24.2 Å². The summed E-state index contributed by atoms with van der Waals surface area (Å²) in [4.78, 5) is 17.3. The Bertz CT molecular complexity index is 1010. The minimum atomic E-state index is 0.0347. The molecular weight excluding hydrogens is 434 g/mol. The van der Waals surface area contributed by atoms with Crippen molar-refractivity contribution in [2.24, 2.45) is 0 Å². The third-order valence-corrected chi connectivity index (χ3v) is 6.66. The van der Waals surface area contributed by atoms with Crippen molar-refractivity contribution in [2.45, 2.75) is 90.5 Å². The van der Waals surface area contributed by atoms with Crippen LogP contribution in [0, 0.1) is 0 Å². The van der Waals surface area contributed by atoms with Gasteiger partial charge in [-0.1, -0.05) is 89.0 Å². The molecule has 0 bridgehead atoms. The molecule has 5 heteroatoms. The van der Waals surface area contributed by atoms with E-state index in [2.05, 4.69) is 35.0 Å². The molecule has 35 heavy (non-hydrogen) atoms. The molecule has 3 aromatic rings. The lowest BCUT2D eigenvalue weighted by molar-refractivity contribution is -0.120. The molecule has 0 unspecified atom stereocenters. The number of ether oxygens (including phenoxy) is 1. The van der Waals surface area contributed by atoms with Crippen LogP contribution >= 0.6 is 0 Å². The van der Waals surface area contributed by atoms with Crippen LogP contribution in [0.2, 0.25) is 0 Å². The quantitative estimate of drug-likeness (QED) is 0.216. The summed E-state index contributed by atoms with van der Waals surface area (Å²) in [6.45, 7) is 3.86. The lowest BCUT2D eigenvalue weighted by Gasteiger charge is -2.10. The molecule has 1 heterocycles. The number of methoxy groups -OCH3 is 1. The molecule has 0 saturated heterocycles. The molecular formula is C30H43N3O2. The number of imidazole rings is 1. The molecule has 1 amide bonds. The highest BCUT2D eigenvalue weighted by molar-refractivity contribution is 5.78. The van der Waals surface area contributed by atoms with Gasteiger partial charge in [-0.2, -0.15) is 0 Å². The number of aryl methyl sites for hydroxylation is 1. The van der Waals surface area contributed by atoms with Crippen molar-refractivity contribution < 1.29 is 9.53 Å². The van der Waals surface area contributed by atoms with Crippen LogP contribution in [0.3, 0.4) is 0 Å². The molecule has 1 aromatic heterocycles. The lowest BCUT2D eigenvalue weighted by Crippen LogP contribution is -2.28. The van der Waals surface area contributed by atoms with Crippen molar-refractivity contribution in [3.05, 3.63) is 59.9 Å². The van der Waals surface area contributed by atoms with Gasteiger partial charge in [-0.15, -0.1) is 0 Å². The molecule has 0 radical (unpaired) electrons. The van der Waals surface area contributed by atoms with Crippen LogP contribution in [0.4, 0.5) is 0 Å². The molecule has 1 N–H and O–H groups in total. The predicted molar refractivity (Wildman–Crippen MR) is 145 cm³/mol. The van der Waals surface area contributed by atoms with E-state index in [1.54, 1.807) is 7.11 Å². The zero-order valence-corrected chi connectivity index (χ0v) is 21.7. The van der Waals surface area contributed by atoms with E-state index in [4.69, 9.17) is 9.72 Å². The van der Waals surface area contributed by atoms with E-state index in [0.29, 0.717) is 13.0 Å². The maximum atomic E-state index is 12.4. The molecule has 0 aliphatic rings. The number of amides is 1. The van der Waals surface area contributed by atoms with Crippen LogP contribution in [0.1, 0.15) is 82.5 Å². The Balaban J connectivity index is 1.43. The molecule has 3 rings (SSSR count). The fraction of sp³-hybridized carbons (Fsp3) is 0.533. The van der Waals surface area contributed by atoms with E-state index in [1.807, 2.05) is 30.3 Å². The SMILES string of the molecule is CCCCCCCCCCCCn1c(CCNC(=O)Cc2ccc(OC)cc2)nc2ccccc21. The number of unbranched alkanes of at least 4 members (excludes halogenated alkanes) is 9. The van der Waals surface area contributed by atoms with Crippen molar-refractivity contribution in [1.29, 1.82) is 0 Å². The van der Waals surface area contributed by atoms with Crippen molar-refractivity contribution in [1.82, 2.24) is 14.9 Å². The monoisotopic (exact) mass is 477 g/mol. The van der Waals surface area contributed by atoms with Gasteiger partial charge in [0, 0.05) is 19.5 Å². The topological polar surface area (TPSA) is 56.2 Å². The van der Waals surface area contributed by atoms with E-state index in [0.717, 1.165) is 35.6 Å². The number of carbonyl (C=O) groups excluding carboxylic acids is 1. The molecule has 0 aliphatic carbocycles. The number of nitrogens with zero attached hydrogens (tertiary/aromatic N) is 2. The Morgan fingerprint density at radius 2 is 1.54 bits per heavy atom. The van der Waals surface area contributed by atoms with Crippen molar-refractivity contribution >= 4 is 16.9 Å². The number of fused-ring (bicyclic) bond motifs is 1. The van der Waals surface area contributed by atoms with Gasteiger partial charge in [0.2, 0.25) is 5.91 Å². The summed E-state index contributed by atoms with van der Waals surface area (Å²) in [5.41, 5.74) is 3.22. The number of benzene rings is 2. The number of hydrogen-bond acceptors (Lipinski definition) is 3. The van der Waals surface area contributed by atoms with Gasteiger partial charge in [-0.3, -0.25) is 4.79 Å². The number of rotatable bonds is 17. The number of hydrogen-bond donors (Lipinski definition) is 1. The zero-order valence-electron chi connectivity index (χ0n) is 21.7. The summed E-state index contributed by atoms with van der Waals surface area (Å²) in [7, 11) is 1.64. The second-order valence-corrected chi connectivity index (χ2v) is 9.48. The first-order valence-corrected chi connectivity index (χ1v) is 13.5. The van der Waals surface area contributed by atoms with Crippen LogP contribution in [0.25, 0.3) is 11.0 Å². The molecule has 0 aliphatic heterocycles. The molecule has 190 valence electrons. The highest BCUT2D eigenvalue weighted by atomic mass is 16.5.